The Hall–Kier alpha value is -10.4. The van der Waals surface area contributed by atoms with E-state index in [1.165, 1.54) is 48.7 Å². The van der Waals surface area contributed by atoms with Crippen LogP contribution in [0.15, 0.2) is 255 Å². The van der Waals surface area contributed by atoms with Crippen molar-refractivity contribution >= 4 is 87.2 Å². The molecule has 77 heavy (non-hydrogen) atoms. The molecule has 0 unspecified atom stereocenters. The first-order valence-electron chi connectivity index (χ1n) is 26.2. The molecular weight excluding hydrogens is 939 g/mol. The lowest BCUT2D eigenvalue weighted by Crippen LogP contribution is -2.03. The SMILES string of the molecule is Cc1cc2c(c3ccccc3n2-c2ccccc2)c2c1c1cc(-n3c4ccccc4c4c3ccc3c5ccccc5n(-c5ccccc5)c34)cc(-c3nc(-c4ccccc4)nc(-c4ccccc4)n3)c1n2-c1ccccc1. The summed E-state index contributed by atoms with van der Waals surface area (Å²) in [5, 5.41) is 9.41. The molecule has 5 heterocycles. The van der Waals surface area contributed by atoms with Crippen LogP contribution in [0.4, 0.5) is 0 Å². The monoisotopic (exact) mass is 983 g/mol. The Bertz CT molecular complexity index is 4960. The van der Waals surface area contributed by atoms with Gasteiger partial charge in [-0.05, 0) is 91.3 Å². The van der Waals surface area contributed by atoms with E-state index in [2.05, 4.69) is 244 Å². The Balaban J connectivity index is 1.11. The Labute approximate surface area is 442 Å². The summed E-state index contributed by atoms with van der Waals surface area (Å²) < 4.78 is 9.84. The van der Waals surface area contributed by atoms with Gasteiger partial charge in [-0.1, -0.05) is 176 Å². The number of para-hydroxylation sites is 6. The van der Waals surface area contributed by atoms with Gasteiger partial charge in [-0.3, -0.25) is 0 Å². The number of fused-ring (bicyclic) bond motifs is 14. The van der Waals surface area contributed by atoms with Crippen LogP contribution >= 0.6 is 0 Å². The lowest BCUT2D eigenvalue weighted by atomic mass is 10.0. The van der Waals surface area contributed by atoms with E-state index in [4.69, 9.17) is 15.0 Å². The molecule has 11 aromatic carbocycles. The molecule has 0 saturated carbocycles. The summed E-state index contributed by atoms with van der Waals surface area (Å²) in [4.78, 5) is 16.3. The number of rotatable bonds is 7. The van der Waals surface area contributed by atoms with E-state index >= 15 is 0 Å². The molecule has 0 spiro atoms. The summed E-state index contributed by atoms with van der Waals surface area (Å²) >= 11 is 0. The highest BCUT2D eigenvalue weighted by Gasteiger charge is 2.28. The Morgan fingerprint density at radius 3 is 1.27 bits per heavy atom. The third kappa shape index (κ3) is 6.41. The molecular formula is C70H45N7. The van der Waals surface area contributed by atoms with Crippen LogP contribution in [-0.4, -0.2) is 33.2 Å². The van der Waals surface area contributed by atoms with Crippen molar-refractivity contribution in [1.82, 2.24) is 33.2 Å². The summed E-state index contributed by atoms with van der Waals surface area (Å²) in [7, 11) is 0. The normalized spacial score (nSPS) is 12.0. The minimum absolute atomic E-state index is 0.581. The molecule has 0 aliphatic rings. The van der Waals surface area contributed by atoms with Crippen LogP contribution in [0, 0.1) is 6.92 Å². The predicted molar refractivity (Wildman–Crippen MR) is 318 cm³/mol. The molecule has 0 amide bonds. The summed E-state index contributed by atoms with van der Waals surface area (Å²) in [5.41, 5.74) is 17.1. The van der Waals surface area contributed by atoms with Gasteiger partial charge < -0.3 is 18.3 Å². The maximum atomic E-state index is 5.54. The first-order valence-corrected chi connectivity index (χ1v) is 26.2. The molecule has 0 saturated heterocycles. The average molecular weight is 984 g/mol. The number of aryl methyl sites for hydroxylation is 1. The number of hydrogen-bond donors (Lipinski definition) is 0. The van der Waals surface area contributed by atoms with Crippen LogP contribution in [0.5, 0.6) is 0 Å². The van der Waals surface area contributed by atoms with E-state index in [0.29, 0.717) is 17.5 Å². The van der Waals surface area contributed by atoms with E-state index in [1.807, 2.05) is 36.4 Å². The van der Waals surface area contributed by atoms with Gasteiger partial charge in [0.25, 0.3) is 0 Å². The fourth-order valence-electron chi connectivity index (χ4n) is 12.5. The second-order valence-corrected chi connectivity index (χ2v) is 20.0. The van der Waals surface area contributed by atoms with Gasteiger partial charge in [0, 0.05) is 82.5 Å². The molecule has 0 atom stereocenters. The zero-order valence-corrected chi connectivity index (χ0v) is 41.9. The molecule has 0 radical (unpaired) electrons. The smallest absolute Gasteiger partial charge is 0.166 e. The zero-order valence-electron chi connectivity index (χ0n) is 41.9. The molecule has 0 aliphatic heterocycles. The fourth-order valence-corrected chi connectivity index (χ4v) is 12.5. The van der Waals surface area contributed by atoms with Crippen LogP contribution in [0.1, 0.15) is 5.56 Å². The van der Waals surface area contributed by atoms with E-state index in [1.54, 1.807) is 0 Å². The Kier molecular flexibility index (Phi) is 9.41. The quantitative estimate of drug-likeness (QED) is 0.160. The van der Waals surface area contributed by atoms with Crippen molar-refractivity contribution in [3.05, 3.63) is 260 Å². The molecule has 7 heteroatoms. The first-order chi connectivity index (χ1) is 38.2. The molecule has 16 rings (SSSR count). The maximum Gasteiger partial charge on any atom is 0.166 e. The van der Waals surface area contributed by atoms with E-state index < -0.39 is 0 Å². The minimum atomic E-state index is 0.581. The molecule has 0 fully saturated rings. The highest BCUT2D eigenvalue weighted by atomic mass is 15.1. The van der Waals surface area contributed by atoms with Gasteiger partial charge >= 0.3 is 0 Å². The van der Waals surface area contributed by atoms with Gasteiger partial charge in [-0.25, -0.2) is 15.0 Å². The molecule has 5 aromatic heterocycles. The Morgan fingerprint density at radius 1 is 0.260 bits per heavy atom. The largest absolute Gasteiger partial charge is 0.309 e. The van der Waals surface area contributed by atoms with Gasteiger partial charge in [0.15, 0.2) is 17.5 Å². The topological polar surface area (TPSA) is 58.4 Å². The fraction of sp³-hybridized carbons (Fsp3) is 0.0143. The molecule has 7 nitrogen and oxygen atoms in total. The predicted octanol–water partition coefficient (Wildman–Crippen LogP) is 17.6. The Morgan fingerprint density at radius 2 is 0.701 bits per heavy atom. The number of aromatic nitrogens is 7. The van der Waals surface area contributed by atoms with Crippen molar-refractivity contribution in [3.8, 4) is 56.9 Å². The van der Waals surface area contributed by atoms with Crippen LogP contribution in [0.2, 0.25) is 0 Å². The number of benzene rings is 11. The van der Waals surface area contributed by atoms with Gasteiger partial charge in [-0.2, -0.15) is 0 Å². The summed E-state index contributed by atoms with van der Waals surface area (Å²) in [5.74, 6) is 1.79. The lowest BCUT2D eigenvalue weighted by molar-refractivity contribution is 1.07. The zero-order chi connectivity index (χ0) is 50.7. The third-order valence-electron chi connectivity index (χ3n) is 15.7. The molecule has 16 aromatic rings. The van der Waals surface area contributed by atoms with E-state index in [0.717, 1.165) is 83.5 Å². The highest BCUT2D eigenvalue weighted by molar-refractivity contribution is 6.29. The molecule has 360 valence electrons. The average Bonchev–Trinajstić information content (AvgIpc) is 4.32. The van der Waals surface area contributed by atoms with Crippen molar-refractivity contribution in [2.45, 2.75) is 6.92 Å². The number of nitrogens with zero attached hydrogens (tertiary/aromatic N) is 7. The minimum Gasteiger partial charge on any atom is -0.309 e. The third-order valence-corrected chi connectivity index (χ3v) is 15.7. The van der Waals surface area contributed by atoms with E-state index in [9.17, 15) is 0 Å². The molecule has 0 aliphatic carbocycles. The van der Waals surface area contributed by atoms with Crippen molar-refractivity contribution in [3.63, 3.8) is 0 Å². The second-order valence-electron chi connectivity index (χ2n) is 20.0. The van der Waals surface area contributed by atoms with Gasteiger partial charge in [0.2, 0.25) is 0 Å². The van der Waals surface area contributed by atoms with Crippen LogP contribution in [0.3, 0.4) is 0 Å². The molecule has 0 bridgehead atoms. The van der Waals surface area contributed by atoms with Crippen LogP contribution in [0.25, 0.3) is 144 Å². The van der Waals surface area contributed by atoms with E-state index in [-0.39, 0.29) is 0 Å². The van der Waals surface area contributed by atoms with Gasteiger partial charge in [-0.15, -0.1) is 0 Å². The van der Waals surface area contributed by atoms with Crippen LogP contribution in [-0.2, 0) is 0 Å². The standard InChI is InChI=1S/C70H45N7/c1-44-41-61-64(54-35-19-21-37-58(54)74(61)47-27-11-4-12-28-47)67-62(44)55-42-50(75-59-38-22-18-34-53(59)63-60(75)40-39-52-51-33-17-20-36-57(51)76(66(52)63)48-29-13-5-14-30-48)43-56(65(55)77(67)49-31-15-6-16-32-49)70-72-68(45-23-7-2-8-24-45)71-69(73-70)46-25-9-3-10-26-46/h2-43H,1H3. The first kappa shape index (κ1) is 43.1. The summed E-state index contributed by atoms with van der Waals surface area (Å²) in [6.45, 7) is 2.28. The van der Waals surface area contributed by atoms with Crippen LogP contribution < -0.4 is 0 Å². The lowest BCUT2D eigenvalue weighted by Gasteiger charge is -2.16. The highest BCUT2D eigenvalue weighted by Crippen LogP contribution is 2.48. The number of hydrogen-bond acceptors (Lipinski definition) is 3. The summed E-state index contributed by atoms with van der Waals surface area (Å²) in [6.07, 6.45) is 0. The summed E-state index contributed by atoms with van der Waals surface area (Å²) in [6, 6.07) is 91.3. The van der Waals surface area contributed by atoms with Crippen molar-refractivity contribution in [2.75, 3.05) is 0 Å². The van der Waals surface area contributed by atoms with Crippen molar-refractivity contribution in [1.29, 1.82) is 0 Å². The van der Waals surface area contributed by atoms with Gasteiger partial charge in [0.05, 0.1) is 44.1 Å². The van der Waals surface area contributed by atoms with Crippen molar-refractivity contribution in [2.24, 2.45) is 0 Å². The second kappa shape index (κ2) is 16.8. The maximum absolute atomic E-state index is 5.54. The van der Waals surface area contributed by atoms with Gasteiger partial charge in [0.1, 0.15) is 0 Å². The molecule has 0 N–H and O–H groups in total. The van der Waals surface area contributed by atoms with Crippen molar-refractivity contribution < 1.29 is 0 Å².